The van der Waals surface area contributed by atoms with Crippen LogP contribution in [0.25, 0.3) is 0 Å². The summed E-state index contributed by atoms with van der Waals surface area (Å²) in [5.74, 6) is 0.783. The van der Waals surface area contributed by atoms with Gasteiger partial charge in [-0.25, -0.2) is 0 Å². The molecule has 3 aliphatic rings. The standard InChI is InChI=1S/C19H27N3O3.CH2O2/c1-19(11-25-12-19)18(24)21-8-13-7-14(9-21)16(10-20(2)3)22-15(13)5-4-6-17(22)23;2-1-3/h4-6,13-14,16H,7-12H2,1-3H3;1H,(H,2,3)/t13-,14+,16+;/m1./s1. The SMILES string of the molecule is CN(C)C[C@H]1[C@H]2C[C@H](CN(C(=O)C3(C)COC3)C2)c2cccc(=O)n21.O=CO. The molecule has 4 heterocycles. The largest absolute Gasteiger partial charge is 0.483 e. The van der Waals surface area contributed by atoms with Crippen molar-refractivity contribution in [2.45, 2.75) is 25.3 Å². The van der Waals surface area contributed by atoms with Crippen molar-refractivity contribution in [1.82, 2.24) is 14.4 Å². The van der Waals surface area contributed by atoms with Crippen LogP contribution in [0.5, 0.6) is 0 Å². The molecule has 8 heteroatoms. The van der Waals surface area contributed by atoms with Gasteiger partial charge in [-0.2, -0.15) is 0 Å². The first kappa shape index (κ1) is 20.5. The molecule has 28 heavy (non-hydrogen) atoms. The minimum absolute atomic E-state index is 0.0816. The lowest BCUT2D eigenvalue weighted by atomic mass is 9.77. The molecule has 1 aromatic rings. The number of hydrogen-bond acceptors (Lipinski definition) is 5. The number of ether oxygens (including phenoxy) is 1. The highest BCUT2D eigenvalue weighted by Crippen LogP contribution is 2.42. The van der Waals surface area contributed by atoms with Crippen LogP contribution in [0.15, 0.2) is 23.0 Å². The van der Waals surface area contributed by atoms with Crippen LogP contribution in [0.3, 0.4) is 0 Å². The molecule has 1 N–H and O–H groups in total. The fourth-order valence-corrected chi connectivity index (χ4v) is 4.73. The van der Waals surface area contributed by atoms with Crippen molar-refractivity contribution in [3.05, 3.63) is 34.2 Å². The molecule has 2 bridgehead atoms. The van der Waals surface area contributed by atoms with Crippen molar-refractivity contribution in [1.29, 1.82) is 0 Å². The Kier molecular flexibility index (Phi) is 5.90. The number of piperidine rings is 1. The van der Waals surface area contributed by atoms with Crippen LogP contribution in [-0.2, 0) is 14.3 Å². The molecule has 154 valence electrons. The van der Waals surface area contributed by atoms with Gasteiger partial charge in [0.05, 0.1) is 24.7 Å². The molecular weight excluding hydrogens is 362 g/mol. The quantitative estimate of drug-likeness (QED) is 0.760. The Morgan fingerprint density at radius 2 is 2.04 bits per heavy atom. The second-order valence-electron chi connectivity index (χ2n) is 8.55. The van der Waals surface area contributed by atoms with E-state index in [0.717, 1.165) is 25.2 Å². The average Bonchev–Trinajstić information content (AvgIpc) is 2.63. The lowest BCUT2D eigenvalue weighted by Crippen LogP contribution is -2.59. The Morgan fingerprint density at radius 3 is 2.61 bits per heavy atom. The topological polar surface area (TPSA) is 92.1 Å². The maximum absolute atomic E-state index is 13.0. The summed E-state index contributed by atoms with van der Waals surface area (Å²) in [7, 11) is 4.08. The molecule has 0 radical (unpaired) electrons. The van der Waals surface area contributed by atoms with Gasteiger partial charge in [0.15, 0.2) is 0 Å². The van der Waals surface area contributed by atoms with Crippen molar-refractivity contribution in [2.75, 3.05) is 46.9 Å². The third-order valence-corrected chi connectivity index (χ3v) is 6.00. The van der Waals surface area contributed by atoms with Gasteiger partial charge >= 0.3 is 0 Å². The molecule has 0 spiro atoms. The number of carbonyl (C=O) groups is 2. The predicted octanol–water partition coefficient (Wildman–Crippen LogP) is 0.634. The van der Waals surface area contributed by atoms with E-state index in [0.29, 0.717) is 25.7 Å². The first-order valence-corrected chi connectivity index (χ1v) is 9.62. The van der Waals surface area contributed by atoms with E-state index in [-0.39, 0.29) is 35.3 Å². The fourth-order valence-electron chi connectivity index (χ4n) is 4.73. The smallest absolute Gasteiger partial charge is 0.290 e. The molecule has 1 aromatic heterocycles. The Balaban J connectivity index is 0.000000706. The van der Waals surface area contributed by atoms with Gasteiger partial charge in [-0.15, -0.1) is 0 Å². The van der Waals surface area contributed by atoms with E-state index in [1.54, 1.807) is 6.07 Å². The fraction of sp³-hybridized carbons (Fsp3) is 0.650. The van der Waals surface area contributed by atoms with Crippen LogP contribution in [0, 0.1) is 11.3 Å². The molecule has 0 unspecified atom stereocenters. The molecule has 3 atom stereocenters. The molecule has 0 aromatic carbocycles. The maximum atomic E-state index is 13.0. The zero-order valence-corrected chi connectivity index (χ0v) is 16.7. The summed E-state index contributed by atoms with van der Waals surface area (Å²) in [5.41, 5.74) is 0.806. The Morgan fingerprint density at radius 1 is 1.36 bits per heavy atom. The minimum atomic E-state index is -0.362. The number of likely N-dealkylation sites (tertiary alicyclic amines) is 1. The molecule has 1 amide bonds. The van der Waals surface area contributed by atoms with E-state index in [1.807, 2.05) is 36.6 Å². The average molecular weight is 391 g/mol. The third kappa shape index (κ3) is 3.71. The molecule has 4 rings (SSSR count). The normalized spacial score (nSPS) is 27.1. The van der Waals surface area contributed by atoms with Crippen molar-refractivity contribution < 1.29 is 19.4 Å². The van der Waals surface area contributed by atoms with Crippen LogP contribution in [0.1, 0.15) is 31.0 Å². The highest BCUT2D eigenvalue weighted by Gasteiger charge is 2.48. The van der Waals surface area contributed by atoms with E-state index in [4.69, 9.17) is 14.6 Å². The Labute approximate surface area is 164 Å². The first-order valence-electron chi connectivity index (χ1n) is 9.62. The highest BCUT2D eigenvalue weighted by atomic mass is 16.5. The van der Waals surface area contributed by atoms with Crippen molar-refractivity contribution in [3.8, 4) is 0 Å². The van der Waals surface area contributed by atoms with Gasteiger partial charge in [0, 0.05) is 37.3 Å². The maximum Gasteiger partial charge on any atom is 0.290 e. The highest BCUT2D eigenvalue weighted by molar-refractivity contribution is 5.83. The van der Waals surface area contributed by atoms with Gasteiger partial charge in [-0.1, -0.05) is 6.07 Å². The van der Waals surface area contributed by atoms with Crippen molar-refractivity contribution in [2.24, 2.45) is 11.3 Å². The number of nitrogens with zero attached hydrogens (tertiary/aromatic N) is 3. The molecule has 2 saturated heterocycles. The molecule has 8 nitrogen and oxygen atoms in total. The monoisotopic (exact) mass is 391 g/mol. The molecular formula is C20H29N3O5. The summed E-state index contributed by atoms with van der Waals surface area (Å²) < 4.78 is 7.28. The van der Waals surface area contributed by atoms with E-state index in [9.17, 15) is 9.59 Å². The van der Waals surface area contributed by atoms with Gasteiger partial charge in [-0.3, -0.25) is 14.4 Å². The number of aromatic nitrogens is 1. The minimum Gasteiger partial charge on any atom is -0.483 e. The van der Waals surface area contributed by atoms with E-state index in [2.05, 4.69) is 11.0 Å². The number of carbonyl (C=O) groups excluding carboxylic acids is 1. The second-order valence-corrected chi connectivity index (χ2v) is 8.55. The van der Waals surface area contributed by atoms with Crippen LogP contribution in [-0.4, -0.2) is 78.8 Å². The number of fused-ring (bicyclic) bond motifs is 4. The lowest BCUT2D eigenvalue weighted by Gasteiger charge is -2.50. The summed E-state index contributed by atoms with van der Waals surface area (Å²) in [5, 5.41) is 6.89. The number of pyridine rings is 1. The Bertz CT molecular complexity index is 786. The van der Waals surface area contributed by atoms with Crippen LogP contribution < -0.4 is 5.56 Å². The zero-order valence-electron chi connectivity index (χ0n) is 16.7. The van der Waals surface area contributed by atoms with Gasteiger partial charge in [0.1, 0.15) is 0 Å². The van der Waals surface area contributed by atoms with E-state index in [1.165, 1.54) is 0 Å². The van der Waals surface area contributed by atoms with E-state index >= 15 is 0 Å². The van der Waals surface area contributed by atoms with Crippen LogP contribution >= 0.6 is 0 Å². The Hall–Kier alpha value is -2.19. The molecule has 0 aliphatic carbocycles. The van der Waals surface area contributed by atoms with Gasteiger partial charge < -0.3 is 24.2 Å². The van der Waals surface area contributed by atoms with Crippen molar-refractivity contribution >= 4 is 12.4 Å². The lowest BCUT2D eigenvalue weighted by molar-refractivity contribution is -0.171. The summed E-state index contributed by atoms with van der Waals surface area (Å²) in [4.78, 5) is 38.1. The molecule has 2 fully saturated rings. The number of hydrogen-bond donors (Lipinski definition) is 1. The summed E-state index contributed by atoms with van der Waals surface area (Å²) >= 11 is 0. The predicted molar refractivity (Wildman–Crippen MR) is 103 cm³/mol. The zero-order chi connectivity index (χ0) is 20.5. The number of rotatable bonds is 3. The molecule has 3 aliphatic heterocycles. The van der Waals surface area contributed by atoms with Gasteiger partial charge in [0.2, 0.25) is 5.91 Å². The number of likely N-dealkylation sites (N-methyl/N-ethyl adjacent to an activating group) is 1. The summed E-state index contributed by atoms with van der Waals surface area (Å²) in [6, 6.07) is 5.69. The van der Waals surface area contributed by atoms with Gasteiger partial charge in [-0.05, 0) is 39.4 Å². The summed E-state index contributed by atoms with van der Waals surface area (Å²) in [6.07, 6.45) is 1.05. The third-order valence-electron chi connectivity index (χ3n) is 6.00. The molecule has 0 saturated carbocycles. The first-order chi connectivity index (χ1) is 13.3. The van der Waals surface area contributed by atoms with E-state index < -0.39 is 0 Å². The second kappa shape index (κ2) is 8.05. The van der Waals surface area contributed by atoms with Crippen molar-refractivity contribution in [3.63, 3.8) is 0 Å². The van der Waals surface area contributed by atoms with Crippen LogP contribution in [0.2, 0.25) is 0 Å². The number of amides is 1. The number of carboxylic acid groups (broad SMARTS) is 1. The summed E-state index contributed by atoms with van der Waals surface area (Å²) in [6.45, 7) is 5.06. The van der Waals surface area contributed by atoms with Gasteiger partial charge in [0.25, 0.3) is 12.0 Å². The van der Waals surface area contributed by atoms with Crippen LogP contribution in [0.4, 0.5) is 0 Å².